The second-order valence-corrected chi connectivity index (χ2v) is 3.52. The molecule has 1 rings (SSSR count). The first-order valence-electron chi connectivity index (χ1n) is 4.05. The van der Waals surface area contributed by atoms with Crippen LogP contribution in [0.1, 0.15) is 33.1 Å². The van der Waals surface area contributed by atoms with Crippen LogP contribution in [0.3, 0.4) is 0 Å². The van der Waals surface area contributed by atoms with Crippen LogP contribution in [-0.4, -0.2) is 17.6 Å². The van der Waals surface area contributed by atoms with Crippen molar-refractivity contribution in [2.45, 2.75) is 50.7 Å². The maximum absolute atomic E-state index is 6.03. The van der Waals surface area contributed by atoms with Crippen LogP contribution >= 0.6 is 11.6 Å². The van der Waals surface area contributed by atoms with E-state index >= 15 is 0 Å². The van der Waals surface area contributed by atoms with Crippen LogP contribution < -0.4 is 0 Å². The summed E-state index contributed by atoms with van der Waals surface area (Å²) in [5, 5.41) is 0.259. The number of hydrogen-bond donors (Lipinski definition) is 0. The normalized spacial score (nSPS) is 33.9. The number of ether oxygens (including phenoxy) is 1. The predicted octanol–water partition coefficient (Wildman–Crippen LogP) is 2.57. The summed E-state index contributed by atoms with van der Waals surface area (Å²) in [5.41, 5.74) is 0. The molecule has 60 valence electrons. The molecule has 2 heteroatoms. The van der Waals surface area contributed by atoms with Gasteiger partial charge in [0.15, 0.2) is 0 Å². The molecule has 3 atom stereocenters. The summed E-state index contributed by atoms with van der Waals surface area (Å²) in [7, 11) is 0. The van der Waals surface area contributed by atoms with Crippen molar-refractivity contribution in [3.63, 3.8) is 0 Å². The summed E-state index contributed by atoms with van der Waals surface area (Å²) in [4.78, 5) is 0. The molecule has 0 radical (unpaired) electrons. The van der Waals surface area contributed by atoms with Crippen molar-refractivity contribution in [1.82, 2.24) is 0 Å². The van der Waals surface area contributed by atoms with Crippen molar-refractivity contribution in [1.29, 1.82) is 0 Å². The number of epoxide rings is 1. The molecule has 0 aliphatic carbocycles. The largest absolute Gasteiger partial charge is 0.368 e. The molecule has 10 heavy (non-hydrogen) atoms. The van der Waals surface area contributed by atoms with Gasteiger partial charge in [0.05, 0.1) is 11.5 Å². The van der Waals surface area contributed by atoms with Gasteiger partial charge in [0.25, 0.3) is 0 Å². The van der Waals surface area contributed by atoms with Gasteiger partial charge in [0.1, 0.15) is 6.10 Å². The maximum Gasteiger partial charge on any atom is 0.100 e. The number of hydrogen-bond acceptors (Lipinski definition) is 1. The van der Waals surface area contributed by atoms with Gasteiger partial charge in [-0.2, -0.15) is 0 Å². The molecule has 1 aliphatic rings. The summed E-state index contributed by atoms with van der Waals surface area (Å²) in [6.07, 6.45) is 4.32. The Kier molecular flexibility index (Phi) is 2.99. The van der Waals surface area contributed by atoms with Crippen LogP contribution in [0.15, 0.2) is 0 Å². The molecular formula is C8H15ClO. The van der Waals surface area contributed by atoms with Crippen LogP contribution in [0.4, 0.5) is 0 Å². The molecule has 0 bridgehead atoms. The van der Waals surface area contributed by atoms with Crippen molar-refractivity contribution in [3.05, 3.63) is 0 Å². The van der Waals surface area contributed by atoms with E-state index in [-0.39, 0.29) is 5.38 Å². The quantitative estimate of drug-likeness (QED) is 0.457. The summed E-state index contributed by atoms with van der Waals surface area (Å²) in [5.74, 6) is 0. The fraction of sp³-hybridized carbons (Fsp3) is 1.00. The van der Waals surface area contributed by atoms with Crippen molar-refractivity contribution in [2.75, 3.05) is 0 Å². The van der Waals surface area contributed by atoms with E-state index in [1.165, 1.54) is 12.8 Å². The number of unbranched alkanes of at least 4 members (excludes halogenated alkanes) is 1. The molecule has 0 aromatic rings. The highest BCUT2D eigenvalue weighted by atomic mass is 35.5. The SMILES string of the molecule is CCCCC(Cl)C1OC1C. The fourth-order valence-electron chi connectivity index (χ4n) is 1.15. The molecule has 1 heterocycles. The molecule has 0 amide bonds. The number of rotatable bonds is 4. The first kappa shape index (κ1) is 8.35. The van der Waals surface area contributed by atoms with Gasteiger partial charge >= 0.3 is 0 Å². The molecule has 0 aromatic carbocycles. The Labute approximate surface area is 67.7 Å². The smallest absolute Gasteiger partial charge is 0.100 e. The second-order valence-electron chi connectivity index (χ2n) is 2.96. The van der Waals surface area contributed by atoms with E-state index in [4.69, 9.17) is 16.3 Å². The Morgan fingerprint density at radius 2 is 2.20 bits per heavy atom. The fourth-order valence-corrected chi connectivity index (χ4v) is 1.56. The molecule has 0 spiro atoms. The minimum absolute atomic E-state index is 0.259. The van der Waals surface area contributed by atoms with Crippen molar-refractivity contribution >= 4 is 11.6 Å². The highest BCUT2D eigenvalue weighted by molar-refractivity contribution is 6.21. The lowest BCUT2D eigenvalue weighted by atomic mass is 10.1. The van der Waals surface area contributed by atoms with Gasteiger partial charge in [0.2, 0.25) is 0 Å². The summed E-state index contributed by atoms with van der Waals surface area (Å²) < 4.78 is 5.24. The minimum atomic E-state index is 0.259. The second kappa shape index (κ2) is 3.59. The van der Waals surface area contributed by atoms with E-state index in [1.807, 2.05) is 0 Å². The van der Waals surface area contributed by atoms with Gasteiger partial charge in [-0.25, -0.2) is 0 Å². The van der Waals surface area contributed by atoms with Crippen LogP contribution in [0.2, 0.25) is 0 Å². The minimum Gasteiger partial charge on any atom is -0.368 e. The monoisotopic (exact) mass is 162 g/mol. The Hall–Kier alpha value is 0.250. The van der Waals surface area contributed by atoms with Crippen molar-refractivity contribution in [3.8, 4) is 0 Å². The van der Waals surface area contributed by atoms with E-state index in [0.29, 0.717) is 12.2 Å². The van der Waals surface area contributed by atoms with E-state index in [1.54, 1.807) is 0 Å². The van der Waals surface area contributed by atoms with Gasteiger partial charge in [0, 0.05) is 0 Å². The van der Waals surface area contributed by atoms with Crippen LogP contribution in [0.25, 0.3) is 0 Å². The standard InChI is InChI=1S/C8H15ClO/c1-3-4-5-7(9)8-6(2)10-8/h6-8H,3-5H2,1-2H3. The molecule has 0 N–H and O–H groups in total. The number of alkyl halides is 1. The first-order chi connectivity index (χ1) is 4.75. The van der Waals surface area contributed by atoms with E-state index in [2.05, 4.69) is 13.8 Å². The molecule has 1 fully saturated rings. The molecule has 1 aliphatic heterocycles. The maximum atomic E-state index is 6.03. The van der Waals surface area contributed by atoms with Gasteiger partial charge in [-0.1, -0.05) is 19.8 Å². The zero-order valence-corrected chi connectivity index (χ0v) is 7.40. The van der Waals surface area contributed by atoms with Gasteiger partial charge in [-0.05, 0) is 13.3 Å². The Balaban J connectivity index is 2.04. The average Bonchev–Trinajstić information content (AvgIpc) is 2.62. The van der Waals surface area contributed by atoms with Crippen molar-refractivity contribution in [2.24, 2.45) is 0 Å². The molecule has 0 aromatic heterocycles. The summed E-state index contributed by atoms with van der Waals surface area (Å²) >= 11 is 6.03. The zero-order valence-electron chi connectivity index (χ0n) is 6.64. The lowest BCUT2D eigenvalue weighted by molar-refractivity contribution is 0.368. The predicted molar refractivity (Wildman–Crippen MR) is 43.5 cm³/mol. The lowest BCUT2D eigenvalue weighted by Gasteiger charge is -2.02. The Morgan fingerprint density at radius 1 is 1.60 bits per heavy atom. The molecular weight excluding hydrogens is 148 g/mol. The molecule has 1 nitrogen and oxygen atoms in total. The van der Waals surface area contributed by atoms with Crippen LogP contribution in [0.5, 0.6) is 0 Å². The molecule has 1 saturated heterocycles. The lowest BCUT2D eigenvalue weighted by Crippen LogP contribution is -2.08. The third-order valence-electron chi connectivity index (χ3n) is 1.95. The molecule has 3 unspecified atom stereocenters. The van der Waals surface area contributed by atoms with E-state index < -0.39 is 0 Å². The van der Waals surface area contributed by atoms with Gasteiger partial charge in [-0.3, -0.25) is 0 Å². The number of halogens is 1. The first-order valence-corrected chi connectivity index (χ1v) is 4.49. The molecule has 0 saturated carbocycles. The topological polar surface area (TPSA) is 12.5 Å². The third kappa shape index (κ3) is 2.14. The van der Waals surface area contributed by atoms with E-state index in [0.717, 1.165) is 6.42 Å². The van der Waals surface area contributed by atoms with Gasteiger partial charge in [-0.15, -0.1) is 11.6 Å². The van der Waals surface area contributed by atoms with Crippen molar-refractivity contribution < 1.29 is 4.74 Å². The summed E-state index contributed by atoms with van der Waals surface area (Å²) in [6, 6.07) is 0. The Morgan fingerprint density at radius 3 is 2.60 bits per heavy atom. The highest BCUT2D eigenvalue weighted by Crippen LogP contribution is 2.30. The van der Waals surface area contributed by atoms with Crippen LogP contribution in [0, 0.1) is 0 Å². The van der Waals surface area contributed by atoms with Crippen LogP contribution in [-0.2, 0) is 4.74 Å². The summed E-state index contributed by atoms with van der Waals surface area (Å²) in [6.45, 7) is 4.26. The Bertz CT molecular complexity index is 105. The highest BCUT2D eigenvalue weighted by Gasteiger charge is 2.39. The third-order valence-corrected chi connectivity index (χ3v) is 2.41. The van der Waals surface area contributed by atoms with E-state index in [9.17, 15) is 0 Å². The zero-order chi connectivity index (χ0) is 7.56. The average molecular weight is 163 g/mol. The van der Waals surface area contributed by atoms with Gasteiger partial charge < -0.3 is 4.74 Å².